The Morgan fingerprint density at radius 3 is 2.21 bits per heavy atom. The van der Waals surface area contributed by atoms with Crippen LogP contribution in [-0.4, -0.2) is 30.5 Å². The first kappa shape index (κ1) is 22.0. The highest BCUT2D eigenvalue weighted by atomic mass is 32.2. The fourth-order valence-corrected chi connectivity index (χ4v) is 4.35. The third-order valence-electron chi connectivity index (χ3n) is 4.61. The number of rotatable bonds is 8. The number of nitrogens with one attached hydrogen (secondary N) is 3. The summed E-state index contributed by atoms with van der Waals surface area (Å²) in [5.41, 5.74) is 1.97. The van der Waals surface area contributed by atoms with Crippen molar-refractivity contribution in [2.75, 3.05) is 22.5 Å². The summed E-state index contributed by atoms with van der Waals surface area (Å²) in [4.78, 5) is 12.7. The third-order valence-corrected chi connectivity index (χ3v) is 6.01. The van der Waals surface area contributed by atoms with Crippen LogP contribution in [0.15, 0.2) is 84.1 Å². The van der Waals surface area contributed by atoms with E-state index >= 15 is 0 Å². The molecule has 0 atom stereocenters. The van der Waals surface area contributed by atoms with E-state index in [0.717, 1.165) is 11.3 Å². The van der Waals surface area contributed by atoms with Gasteiger partial charge in [0.05, 0.1) is 7.11 Å². The van der Waals surface area contributed by atoms with Crippen molar-refractivity contribution in [1.29, 1.82) is 0 Å². The molecular weight excluding hydrogens is 440 g/mol. The third kappa shape index (κ3) is 5.55. The van der Waals surface area contributed by atoms with Crippen LogP contribution in [0.3, 0.4) is 0 Å². The lowest BCUT2D eigenvalue weighted by Crippen LogP contribution is -2.14. The molecule has 0 aliphatic heterocycles. The Labute approximate surface area is 192 Å². The van der Waals surface area contributed by atoms with E-state index in [0.29, 0.717) is 23.1 Å². The minimum Gasteiger partial charge on any atom is -0.495 e. The molecule has 0 bridgehead atoms. The monoisotopic (exact) mass is 462 g/mol. The molecule has 0 amide bonds. The lowest BCUT2D eigenvalue weighted by molar-refractivity contribution is 0.402. The van der Waals surface area contributed by atoms with Gasteiger partial charge in [-0.2, -0.15) is 0 Å². The molecule has 2 heterocycles. The molecule has 0 aliphatic carbocycles. The number of ether oxygens (including phenoxy) is 1. The van der Waals surface area contributed by atoms with Crippen LogP contribution in [0.1, 0.15) is 5.56 Å². The zero-order chi connectivity index (χ0) is 23.3. The zero-order valence-electron chi connectivity index (χ0n) is 18.0. The van der Waals surface area contributed by atoms with E-state index in [2.05, 4.69) is 30.3 Å². The summed E-state index contributed by atoms with van der Waals surface area (Å²) in [6.45, 7) is 1.82. The first-order chi connectivity index (χ1) is 15.9. The summed E-state index contributed by atoms with van der Waals surface area (Å²) in [7, 11) is -2.38. The number of aryl methyl sites for hydroxylation is 1. The lowest BCUT2D eigenvalue weighted by Gasteiger charge is -2.13. The summed E-state index contributed by atoms with van der Waals surface area (Å²) < 4.78 is 33.5. The zero-order valence-corrected chi connectivity index (χ0v) is 18.8. The second-order valence-corrected chi connectivity index (χ2v) is 8.74. The van der Waals surface area contributed by atoms with Gasteiger partial charge in [-0.15, -0.1) is 0 Å². The van der Waals surface area contributed by atoms with Crippen LogP contribution in [0.4, 0.5) is 28.8 Å². The Balaban J connectivity index is 1.46. The fraction of sp³-hybridized carbons (Fsp3) is 0.0870. The average molecular weight is 463 g/mol. The largest absolute Gasteiger partial charge is 0.495 e. The average Bonchev–Trinajstić information content (AvgIpc) is 2.81. The van der Waals surface area contributed by atoms with Gasteiger partial charge in [0.2, 0.25) is 0 Å². The Bertz CT molecular complexity index is 1350. The van der Waals surface area contributed by atoms with E-state index in [1.165, 1.54) is 13.4 Å². The van der Waals surface area contributed by atoms with E-state index in [1.807, 2.05) is 25.1 Å². The molecule has 2 aromatic carbocycles. The Morgan fingerprint density at radius 1 is 0.788 bits per heavy atom. The molecule has 0 spiro atoms. The van der Waals surface area contributed by atoms with Gasteiger partial charge in [0, 0.05) is 23.6 Å². The summed E-state index contributed by atoms with van der Waals surface area (Å²) >= 11 is 0. The summed E-state index contributed by atoms with van der Waals surface area (Å²) in [6.07, 6.45) is 3.12. The first-order valence-corrected chi connectivity index (χ1v) is 11.5. The van der Waals surface area contributed by atoms with Gasteiger partial charge >= 0.3 is 0 Å². The number of methoxy groups -OCH3 is 1. The minimum absolute atomic E-state index is 0.0844. The lowest BCUT2D eigenvalue weighted by atomic mass is 10.2. The van der Waals surface area contributed by atoms with Crippen LogP contribution in [0.25, 0.3) is 0 Å². The van der Waals surface area contributed by atoms with E-state index in [4.69, 9.17) is 4.74 Å². The van der Waals surface area contributed by atoms with Crippen molar-refractivity contribution in [3.05, 3.63) is 84.8 Å². The Hall–Kier alpha value is -4.18. The molecule has 10 heteroatoms. The smallest absolute Gasteiger partial charge is 0.265 e. The molecule has 0 radical (unpaired) electrons. The van der Waals surface area contributed by atoms with Gasteiger partial charge in [-0.05, 0) is 61.0 Å². The number of benzene rings is 2. The van der Waals surface area contributed by atoms with Crippen molar-refractivity contribution in [3.8, 4) is 5.75 Å². The van der Waals surface area contributed by atoms with Crippen molar-refractivity contribution >= 4 is 38.9 Å². The minimum atomic E-state index is -3.82. The summed E-state index contributed by atoms with van der Waals surface area (Å²) in [5, 5.41) is 6.27. The quantitative estimate of drug-likeness (QED) is 0.351. The molecule has 0 fully saturated rings. The highest BCUT2D eigenvalue weighted by Crippen LogP contribution is 2.27. The maximum Gasteiger partial charge on any atom is 0.265 e. The van der Waals surface area contributed by atoms with Crippen molar-refractivity contribution in [1.82, 2.24) is 15.0 Å². The molecule has 0 unspecified atom stereocenters. The van der Waals surface area contributed by atoms with Crippen LogP contribution in [-0.2, 0) is 10.0 Å². The van der Waals surface area contributed by atoms with Gasteiger partial charge in [0.1, 0.15) is 34.4 Å². The number of nitrogens with zero attached hydrogens (tertiary/aromatic N) is 3. The van der Waals surface area contributed by atoms with Gasteiger partial charge in [-0.25, -0.2) is 23.4 Å². The topological polar surface area (TPSA) is 118 Å². The van der Waals surface area contributed by atoms with Crippen LogP contribution < -0.4 is 20.1 Å². The molecule has 4 rings (SSSR count). The predicted octanol–water partition coefficient (Wildman–Crippen LogP) is 4.48. The standard InChI is InChI=1S/C23H22N6O3S/c1-16-6-11-19(32-2)20(13-16)33(30,31)29-18-9-7-17(8-10-18)27-22-14-23(26-15-25-22)28-21-5-3-4-12-24-21/h3-15,29H,1-2H3,(H2,24,25,26,27,28). The molecule has 2 aromatic heterocycles. The number of anilines is 5. The first-order valence-electron chi connectivity index (χ1n) is 9.97. The van der Waals surface area contributed by atoms with Crippen LogP contribution >= 0.6 is 0 Å². The highest BCUT2D eigenvalue weighted by molar-refractivity contribution is 7.92. The van der Waals surface area contributed by atoms with Gasteiger partial charge < -0.3 is 15.4 Å². The van der Waals surface area contributed by atoms with Crippen molar-refractivity contribution in [3.63, 3.8) is 0 Å². The molecule has 33 heavy (non-hydrogen) atoms. The van der Waals surface area contributed by atoms with Crippen molar-refractivity contribution < 1.29 is 13.2 Å². The van der Waals surface area contributed by atoms with Gasteiger partial charge in [0.25, 0.3) is 10.0 Å². The number of hydrogen-bond acceptors (Lipinski definition) is 8. The van der Waals surface area contributed by atoms with Crippen molar-refractivity contribution in [2.24, 2.45) is 0 Å². The molecule has 168 valence electrons. The summed E-state index contributed by atoms with van der Waals surface area (Å²) in [5.74, 6) is 2.11. The number of sulfonamides is 1. The molecule has 4 aromatic rings. The fourth-order valence-electron chi connectivity index (χ4n) is 3.04. The molecular formula is C23H22N6O3S. The summed E-state index contributed by atoms with van der Waals surface area (Å²) in [6, 6.07) is 19.1. The highest BCUT2D eigenvalue weighted by Gasteiger charge is 2.19. The maximum atomic E-state index is 12.9. The van der Waals surface area contributed by atoms with Crippen LogP contribution in [0.2, 0.25) is 0 Å². The van der Waals surface area contributed by atoms with Gasteiger partial charge in [0.15, 0.2) is 0 Å². The predicted molar refractivity (Wildman–Crippen MR) is 128 cm³/mol. The SMILES string of the molecule is COc1ccc(C)cc1S(=O)(=O)Nc1ccc(Nc2cc(Nc3ccccn3)ncn2)cc1. The van der Waals surface area contributed by atoms with E-state index < -0.39 is 10.0 Å². The second-order valence-electron chi connectivity index (χ2n) is 7.09. The Morgan fingerprint density at radius 2 is 1.52 bits per heavy atom. The number of aromatic nitrogens is 3. The Kier molecular flexibility index (Phi) is 6.36. The van der Waals surface area contributed by atoms with Crippen LogP contribution in [0.5, 0.6) is 5.75 Å². The molecule has 0 saturated carbocycles. The van der Waals surface area contributed by atoms with Gasteiger partial charge in [-0.1, -0.05) is 12.1 Å². The molecule has 0 saturated heterocycles. The number of hydrogen-bond donors (Lipinski definition) is 3. The maximum absolute atomic E-state index is 12.9. The second kappa shape index (κ2) is 9.53. The normalized spacial score (nSPS) is 11.0. The van der Waals surface area contributed by atoms with E-state index in [1.54, 1.807) is 54.7 Å². The van der Waals surface area contributed by atoms with E-state index in [9.17, 15) is 8.42 Å². The molecule has 9 nitrogen and oxygen atoms in total. The van der Waals surface area contributed by atoms with Crippen LogP contribution in [0, 0.1) is 6.92 Å². The van der Waals surface area contributed by atoms with Gasteiger partial charge in [-0.3, -0.25) is 4.72 Å². The van der Waals surface area contributed by atoms with E-state index in [-0.39, 0.29) is 10.6 Å². The molecule has 0 aliphatic rings. The number of pyridine rings is 1. The van der Waals surface area contributed by atoms with Crippen molar-refractivity contribution in [2.45, 2.75) is 11.8 Å². The molecule has 3 N–H and O–H groups in total.